The number of pyridine rings is 1. The maximum absolute atomic E-state index is 9.79. The lowest BCUT2D eigenvalue weighted by Gasteiger charge is -2.16. The molecule has 0 atom stereocenters. The summed E-state index contributed by atoms with van der Waals surface area (Å²) in [5.74, 6) is 0.284. The van der Waals surface area contributed by atoms with Crippen molar-refractivity contribution < 1.29 is 5.11 Å². The van der Waals surface area contributed by atoms with Gasteiger partial charge in [-0.05, 0) is 30.5 Å². The monoisotopic (exact) mass is 340 g/mol. The maximum atomic E-state index is 9.79. The van der Waals surface area contributed by atoms with Crippen LogP contribution >= 0.6 is 11.8 Å². The van der Waals surface area contributed by atoms with Gasteiger partial charge < -0.3 is 19.9 Å². The third-order valence-electron chi connectivity index (χ3n) is 4.59. The molecule has 1 aliphatic heterocycles. The second kappa shape index (κ2) is 5.63. The average molecular weight is 340 g/mol. The van der Waals surface area contributed by atoms with Gasteiger partial charge in [0.05, 0.1) is 28.6 Å². The Hall–Kier alpha value is -2.34. The molecule has 24 heavy (non-hydrogen) atoms. The molecule has 1 aliphatic rings. The second-order valence-electron chi connectivity index (χ2n) is 6.21. The smallest absolute Gasteiger partial charge is 0.116 e. The Morgan fingerprint density at radius 2 is 2.04 bits per heavy atom. The highest BCUT2D eigenvalue weighted by atomic mass is 32.2. The average Bonchev–Trinajstić information content (AvgIpc) is 3.05. The summed E-state index contributed by atoms with van der Waals surface area (Å²) < 4.78 is 0. The van der Waals surface area contributed by atoms with E-state index in [1.807, 2.05) is 18.3 Å². The fourth-order valence-corrected chi connectivity index (χ4v) is 4.33. The van der Waals surface area contributed by atoms with Gasteiger partial charge in [0.1, 0.15) is 5.75 Å². The normalized spacial score (nSPS) is 15.3. The first-order valence-electron chi connectivity index (χ1n) is 7.86. The van der Waals surface area contributed by atoms with Crippen LogP contribution in [0.1, 0.15) is 5.69 Å². The van der Waals surface area contributed by atoms with Crippen molar-refractivity contribution in [1.29, 1.82) is 0 Å². The first kappa shape index (κ1) is 15.2. The zero-order valence-electron chi connectivity index (χ0n) is 14.0. The quantitative estimate of drug-likeness (QED) is 0.766. The minimum Gasteiger partial charge on any atom is -0.508 e. The van der Waals surface area contributed by atoms with Gasteiger partial charge in [-0.15, -0.1) is 11.8 Å². The number of nitrogens with one attached hydrogen (secondary N) is 1. The predicted octanol–water partition coefficient (Wildman–Crippen LogP) is 3.33. The molecular weight excluding hydrogens is 320 g/mol. The van der Waals surface area contributed by atoms with Gasteiger partial charge in [-0.25, -0.2) is 0 Å². The van der Waals surface area contributed by atoms with Crippen LogP contribution in [0, 0.1) is 0 Å². The van der Waals surface area contributed by atoms with Gasteiger partial charge in [0.15, 0.2) is 0 Å². The first-order chi connectivity index (χ1) is 11.6. The molecule has 6 heteroatoms. The van der Waals surface area contributed by atoms with Crippen LogP contribution in [0.25, 0.3) is 21.8 Å². The zero-order chi connectivity index (χ0) is 16.8. The second-order valence-corrected chi connectivity index (χ2v) is 7.00. The zero-order valence-corrected chi connectivity index (χ0v) is 14.8. The van der Waals surface area contributed by atoms with Crippen LogP contribution in [0.3, 0.4) is 0 Å². The molecule has 4 rings (SSSR count). The molecule has 3 aromatic rings. The van der Waals surface area contributed by atoms with E-state index in [1.54, 1.807) is 23.9 Å². The highest BCUT2D eigenvalue weighted by molar-refractivity contribution is 8.02. The molecule has 0 saturated carbocycles. The van der Waals surface area contributed by atoms with Gasteiger partial charge in [0, 0.05) is 43.0 Å². The van der Waals surface area contributed by atoms with Crippen molar-refractivity contribution in [2.75, 3.05) is 27.0 Å². The Morgan fingerprint density at radius 3 is 2.83 bits per heavy atom. The van der Waals surface area contributed by atoms with Crippen LogP contribution in [-0.4, -0.2) is 51.9 Å². The number of allylic oxidation sites excluding steroid dienone is 1. The van der Waals surface area contributed by atoms with E-state index in [1.165, 1.54) is 10.7 Å². The van der Waals surface area contributed by atoms with Crippen LogP contribution in [0.4, 0.5) is 0 Å². The third-order valence-corrected chi connectivity index (χ3v) is 5.52. The predicted molar refractivity (Wildman–Crippen MR) is 99.9 cm³/mol. The third kappa shape index (κ3) is 2.29. The number of nitrogens with zero attached hydrogens (tertiary/aromatic N) is 3. The number of likely N-dealkylation sites (N-methyl/N-ethyl adjacent to an activating group) is 1. The van der Waals surface area contributed by atoms with Gasteiger partial charge in [0.2, 0.25) is 0 Å². The summed E-state index contributed by atoms with van der Waals surface area (Å²) in [5, 5.41) is 13.2. The van der Waals surface area contributed by atoms with Gasteiger partial charge in [-0.3, -0.25) is 4.98 Å². The number of phenolic OH excluding ortho intramolecular Hbond substituents is 1. The molecule has 2 aromatic heterocycles. The van der Waals surface area contributed by atoms with Gasteiger partial charge in [-0.2, -0.15) is 0 Å². The molecule has 0 aliphatic carbocycles. The number of aromatic amines is 1. The molecule has 0 amide bonds. The molecular formula is C18H20N4OS. The van der Waals surface area contributed by atoms with Crippen molar-refractivity contribution >= 4 is 33.6 Å². The van der Waals surface area contributed by atoms with E-state index >= 15 is 0 Å². The number of thioether (sulfide) groups is 1. The van der Waals surface area contributed by atoms with Crippen molar-refractivity contribution in [2.24, 2.45) is 0 Å². The van der Waals surface area contributed by atoms with Gasteiger partial charge in [0.25, 0.3) is 0 Å². The van der Waals surface area contributed by atoms with E-state index in [0.29, 0.717) is 0 Å². The Bertz CT molecular complexity index is 962. The van der Waals surface area contributed by atoms with Crippen LogP contribution in [-0.2, 0) is 6.42 Å². The van der Waals surface area contributed by atoms with E-state index in [4.69, 9.17) is 0 Å². The highest BCUT2D eigenvalue weighted by Gasteiger charge is 2.24. The van der Waals surface area contributed by atoms with Gasteiger partial charge >= 0.3 is 0 Å². The summed E-state index contributed by atoms with van der Waals surface area (Å²) in [5.41, 5.74) is 4.40. The topological polar surface area (TPSA) is 55.4 Å². The molecule has 3 heterocycles. The SMILES string of the molecule is CSC1=C(Cc2nccc3c2[nH]c2ccc(O)cc23)N(C)CN1C. The molecule has 0 unspecified atom stereocenters. The number of phenols is 1. The Labute approximate surface area is 145 Å². The van der Waals surface area contributed by atoms with Crippen molar-refractivity contribution in [3.05, 3.63) is 46.9 Å². The van der Waals surface area contributed by atoms with E-state index < -0.39 is 0 Å². The molecule has 0 bridgehead atoms. The van der Waals surface area contributed by atoms with Crippen molar-refractivity contribution in [2.45, 2.75) is 6.42 Å². The highest BCUT2D eigenvalue weighted by Crippen LogP contribution is 2.33. The number of rotatable bonds is 3. The minimum atomic E-state index is 0.284. The number of benzene rings is 1. The van der Waals surface area contributed by atoms with E-state index in [2.05, 4.69) is 40.1 Å². The van der Waals surface area contributed by atoms with Crippen LogP contribution in [0.15, 0.2) is 41.2 Å². The number of aromatic nitrogens is 2. The lowest BCUT2D eigenvalue weighted by Crippen LogP contribution is -2.21. The van der Waals surface area contributed by atoms with Crippen LogP contribution in [0.5, 0.6) is 5.75 Å². The summed E-state index contributed by atoms with van der Waals surface area (Å²) in [6.07, 6.45) is 4.75. The number of aromatic hydroxyl groups is 1. The summed E-state index contributed by atoms with van der Waals surface area (Å²) in [7, 11) is 4.24. The number of hydrogen-bond acceptors (Lipinski definition) is 5. The van der Waals surface area contributed by atoms with E-state index in [9.17, 15) is 5.11 Å². The lowest BCUT2D eigenvalue weighted by atomic mass is 10.1. The number of H-pyrrole nitrogens is 1. The molecule has 5 nitrogen and oxygen atoms in total. The molecule has 0 saturated heterocycles. The largest absolute Gasteiger partial charge is 0.508 e. The fraction of sp³-hybridized carbons (Fsp3) is 0.278. The molecule has 0 radical (unpaired) electrons. The lowest BCUT2D eigenvalue weighted by molar-refractivity contribution is 0.322. The standard InChI is InChI=1S/C18H20N4OS/c1-21-10-22(2)18(24-3)16(21)9-15-17-12(6-7-19-15)13-8-11(23)4-5-14(13)20-17/h4-8,20,23H,9-10H2,1-3H3. The van der Waals surface area contributed by atoms with Crippen LogP contribution in [0.2, 0.25) is 0 Å². The molecule has 0 spiro atoms. The van der Waals surface area contributed by atoms with Crippen molar-refractivity contribution in [3.63, 3.8) is 0 Å². The van der Waals surface area contributed by atoms with Gasteiger partial charge in [-0.1, -0.05) is 0 Å². The Kier molecular flexibility index (Phi) is 3.57. The van der Waals surface area contributed by atoms with Crippen molar-refractivity contribution in [1.82, 2.24) is 19.8 Å². The Balaban J connectivity index is 1.86. The minimum absolute atomic E-state index is 0.284. The fourth-order valence-electron chi connectivity index (χ4n) is 3.50. The molecule has 1 aromatic carbocycles. The van der Waals surface area contributed by atoms with Crippen molar-refractivity contribution in [3.8, 4) is 5.75 Å². The number of fused-ring (bicyclic) bond motifs is 3. The molecule has 124 valence electrons. The first-order valence-corrected chi connectivity index (χ1v) is 9.08. The maximum Gasteiger partial charge on any atom is 0.116 e. The Morgan fingerprint density at radius 1 is 1.21 bits per heavy atom. The summed E-state index contributed by atoms with van der Waals surface area (Å²) >= 11 is 1.78. The number of hydrogen-bond donors (Lipinski definition) is 2. The van der Waals surface area contributed by atoms with E-state index in [0.717, 1.165) is 40.6 Å². The molecule has 2 N–H and O–H groups in total. The molecule has 0 fully saturated rings. The summed E-state index contributed by atoms with van der Waals surface area (Å²) in [4.78, 5) is 12.7. The van der Waals surface area contributed by atoms with Crippen LogP contribution < -0.4 is 0 Å². The summed E-state index contributed by atoms with van der Waals surface area (Å²) in [6.45, 7) is 0.905. The summed E-state index contributed by atoms with van der Waals surface area (Å²) in [6, 6.07) is 7.43. The van der Waals surface area contributed by atoms with E-state index in [-0.39, 0.29) is 5.75 Å².